The largest absolute Gasteiger partial charge is 0.497 e. The highest BCUT2D eigenvalue weighted by molar-refractivity contribution is 6.37. The van der Waals surface area contributed by atoms with Crippen molar-refractivity contribution in [2.45, 2.75) is 19.7 Å². The molecule has 11 nitrogen and oxygen atoms in total. The average Bonchev–Trinajstić information content (AvgIpc) is 3.79. The molecule has 0 aliphatic rings. The van der Waals surface area contributed by atoms with E-state index in [1.807, 2.05) is 88.0 Å². The molecule has 4 heterocycles. The van der Waals surface area contributed by atoms with Crippen LogP contribution in [0, 0.1) is 0 Å². The minimum Gasteiger partial charge on any atom is -0.497 e. The third kappa shape index (κ3) is 8.88. The zero-order valence-corrected chi connectivity index (χ0v) is 32.9. The van der Waals surface area contributed by atoms with Gasteiger partial charge in [0.2, 0.25) is 10.6 Å². The van der Waals surface area contributed by atoms with Crippen molar-refractivity contribution >= 4 is 80.3 Å². The summed E-state index contributed by atoms with van der Waals surface area (Å²) < 4.78 is 20.1. The van der Waals surface area contributed by atoms with E-state index in [4.69, 9.17) is 72.2 Å². The third-order valence-corrected chi connectivity index (χ3v) is 9.58. The second-order valence-corrected chi connectivity index (χ2v) is 13.8. The molecule has 16 heteroatoms. The van der Waals surface area contributed by atoms with Crippen molar-refractivity contribution in [3.63, 3.8) is 0 Å². The Bertz CT molecular complexity index is 2590. The summed E-state index contributed by atoms with van der Waals surface area (Å²) in [4.78, 5) is 25.7. The number of nitrogens with zero attached hydrogens (tertiary/aromatic N) is 8. The number of hydrogen-bond donors (Lipinski definition) is 0. The number of halogens is 5. The highest BCUT2D eigenvalue weighted by atomic mass is 35.5. The third-order valence-electron chi connectivity index (χ3n) is 8.37. The maximum absolute atomic E-state index is 6.58. The Balaban J connectivity index is 0.000000197. The Hall–Kier alpha value is -5.17. The highest BCUT2D eigenvalue weighted by Gasteiger charge is 2.19. The SMILES string of the molecule is COc1ccc(Cn2cnc3c(-c4cc(OCc5ccccc5)c(Cl)cc4Cl)nc(Cl)nc32)cc1.COc1ccc(Cn2cnc3c(Cl)nc(Cl)nc32)cc1. The Morgan fingerprint density at radius 1 is 0.564 bits per heavy atom. The molecule has 0 saturated heterocycles. The first-order chi connectivity index (χ1) is 26.7. The summed E-state index contributed by atoms with van der Waals surface area (Å²) in [6.07, 6.45) is 3.38. The number of ether oxygens (including phenoxy) is 3. The summed E-state index contributed by atoms with van der Waals surface area (Å²) in [7, 11) is 3.28. The molecular formula is C39H29Cl5N8O3. The summed E-state index contributed by atoms with van der Waals surface area (Å²) in [5, 5.41) is 1.26. The van der Waals surface area contributed by atoms with Gasteiger partial charge in [0.25, 0.3) is 0 Å². The zero-order valence-electron chi connectivity index (χ0n) is 29.1. The summed E-state index contributed by atoms with van der Waals surface area (Å²) >= 11 is 31.2. The van der Waals surface area contributed by atoms with Gasteiger partial charge in [-0.25, -0.2) is 19.9 Å². The number of aromatic nitrogens is 8. The van der Waals surface area contributed by atoms with Gasteiger partial charge in [-0.1, -0.05) is 89.4 Å². The van der Waals surface area contributed by atoms with E-state index in [1.165, 1.54) is 0 Å². The monoisotopic (exact) mass is 832 g/mol. The molecular weight excluding hydrogens is 806 g/mol. The fourth-order valence-corrected chi connectivity index (χ4v) is 6.75. The molecule has 278 valence electrons. The lowest BCUT2D eigenvalue weighted by Crippen LogP contribution is -2.01. The Labute approximate surface area is 340 Å². The number of benzene rings is 4. The second-order valence-electron chi connectivity index (χ2n) is 11.9. The molecule has 0 N–H and O–H groups in total. The van der Waals surface area contributed by atoms with E-state index >= 15 is 0 Å². The standard InChI is InChI=1S/C26H19Cl3N4O2.C13H10Cl2N4O/c1-34-18-9-7-16(8-10-18)13-33-15-30-24-23(31-26(29)32-25(24)33)19-11-22(21(28)12-20(19)27)35-14-17-5-3-2-4-6-17;1-20-9-4-2-8(3-5-9)6-19-7-16-10-11(14)17-13(15)18-12(10)19/h2-12,15H,13-14H2,1H3;2-5,7H,6H2,1H3. The quantitative estimate of drug-likeness (QED) is 0.0981. The van der Waals surface area contributed by atoms with Gasteiger partial charge in [-0.3, -0.25) is 0 Å². The Kier molecular flexibility index (Phi) is 11.8. The van der Waals surface area contributed by atoms with Gasteiger partial charge in [-0.15, -0.1) is 0 Å². The van der Waals surface area contributed by atoms with Crippen molar-refractivity contribution in [1.29, 1.82) is 0 Å². The fraction of sp³-hybridized carbons (Fsp3) is 0.128. The number of imidazole rings is 2. The molecule has 0 aliphatic heterocycles. The lowest BCUT2D eigenvalue weighted by molar-refractivity contribution is 0.306. The van der Waals surface area contributed by atoms with Gasteiger partial charge >= 0.3 is 0 Å². The predicted octanol–water partition coefficient (Wildman–Crippen LogP) is 10.3. The van der Waals surface area contributed by atoms with E-state index in [0.717, 1.165) is 28.2 Å². The number of fused-ring (bicyclic) bond motifs is 2. The van der Waals surface area contributed by atoms with Crippen LogP contribution in [0.4, 0.5) is 0 Å². The van der Waals surface area contributed by atoms with Crippen LogP contribution in [0.3, 0.4) is 0 Å². The first kappa shape index (κ1) is 38.1. The molecule has 0 spiro atoms. The second kappa shape index (κ2) is 17.1. The summed E-state index contributed by atoms with van der Waals surface area (Å²) in [5.74, 6) is 2.09. The molecule has 0 fully saturated rings. The van der Waals surface area contributed by atoms with E-state index in [2.05, 4.69) is 29.9 Å². The van der Waals surface area contributed by atoms with Crippen LogP contribution in [-0.2, 0) is 19.7 Å². The van der Waals surface area contributed by atoms with Crippen molar-refractivity contribution in [2.24, 2.45) is 0 Å². The lowest BCUT2D eigenvalue weighted by atomic mass is 10.1. The van der Waals surface area contributed by atoms with Gasteiger partial charge in [0.15, 0.2) is 16.4 Å². The zero-order chi connectivity index (χ0) is 38.5. The van der Waals surface area contributed by atoms with E-state index in [9.17, 15) is 0 Å². The van der Waals surface area contributed by atoms with Gasteiger partial charge in [0, 0.05) is 5.56 Å². The van der Waals surface area contributed by atoms with Crippen LogP contribution in [0.1, 0.15) is 16.7 Å². The summed E-state index contributed by atoms with van der Waals surface area (Å²) in [5.41, 5.74) is 6.59. The molecule has 4 aromatic heterocycles. The predicted molar refractivity (Wildman–Crippen MR) is 216 cm³/mol. The van der Waals surface area contributed by atoms with E-state index < -0.39 is 0 Å². The normalized spacial score (nSPS) is 11.0. The smallest absolute Gasteiger partial charge is 0.225 e. The topological polar surface area (TPSA) is 115 Å². The minimum absolute atomic E-state index is 0.0850. The maximum Gasteiger partial charge on any atom is 0.225 e. The summed E-state index contributed by atoms with van der Waals surface area (Å²) in [6, 6.07) is 28.8. The van der Waals surface area contributed by atoms with Crippen molar-refractivity contribution < 1.29 is 14.2 Å². The number of rotatable bonds is 10. The van der Waals surface area contributed by atoms with Gasteiger partial charge in [0.05, 0.1) is 50.0 Å². The first-order valence-corrected chi connectivity index (χ1v) is 18.4. The van der Waals surface area contributed by atoms with Gasteiger partial charge in [0.1, 0.15) is 40.6 Å². The Morgan fingerprint density at radius 2 is 1.11 bits per heavy atom. The molecule has 0 saturated carbocycles. The summed E-state index contributed by atoms with van der Waals surface area (Å²) in [6.45, 7) is 1.52. The molecule has 0 unspecified atom stereocenters. The van der Waals surface area contributed by atoms with E-state index in [1.54, 1.807) is 39.0 Å². The maximum atomic E-state index is 6.58. The minimum atomic E-state index is 0.0850. The molecule has 4 aromatic carbocycles. The van der Waals surface area contributed by atoms with Crippen LogP contribution in [0.2, 0.25) is 25.8 Å². The van der Waals surface area contributed by atoms with Crippen molar-refractivity contribution in [2.75, 3.05) is 14.2 Å². The van der Waals surface area contributed by atoms with Crippen LogP contribution in [0.25, 0.3) is 33.6 Å². The van der Waals surface area contributed by atoms with Gasteiger partial charge in [-0.05, 0) is 76.3 Å². The molecule has 0 atom stereocenters. The van der Waals surface area contributed by atoms with Gasteiger partial charge in [-0.2, -0.15) is 9.97 Å². The van der Waals surface area contributed by atoms with Gasteiger partial charge < -0.3 is 23.3 Å². The molecule has 55 heavy (non-hydrogen) atoms. The average molecular weight is 835 g/mol. The Morgan fingerprint density at radius 3 is 1.69 bits per heavy atom. The van der Waals surface area contributed by atoms with Crippen LogP contribution >= 0.6 is 58.0 Å². The van der Waals surface area contributed by atoms with Crippen molar-refractivity contribution in [3.05, 3.63) is 146 Å². The fourth-order valence-electron chi connectivity index (χ4n) is 5.63. The molecule has 0 aliphatic carbocycles. The number of hydrogen-bond acceptors (Lipinski definition) is 9. The molecule has 8 aromatic rings. The molecule has 0 bridgehead atoms. The molecule has 8 rings (SSSR count). The van der Waals surface area contributed by atoms with Crippen LogP contribution in [0.15, 0.2) is 104 Å². The lowest BCUT2D eigenvalue weighted by Gasteiger charge is -2.12. The molecule has 0 amide bonds. The van der Waals surface area contributed by atoms with Crippen molar-refractivity contribution in [1.82, 2.24) is 39.0 Å². The van der Waals surface area contributed by atoms with Crippen LogP contribution < -0.4 is 14.2 Å². The van der Waals surface area contributed by atoms with E-state index in [0.29, 0.717) is 69.1 Å². The first-order valence-electron chi connectivity index (χ1n) is 16.5. The number of methoxy groups -OCH3 is 2. The van der Waals surface area contributed by atoms with Crippen LogP contribution in [0.5, 0.6) is 17.2 Å². The highest BCUT2D eigenvalue weighted by Crippen LogP contribution is 2.39. The van der Waals surface area contributed by atoms with Crippen molar-refractivity contribution in [3.8, 4) is 28.5 Å². The van der Waals surface area contributed by atoms with E-state index in [-0.39, 0.29) is 15.7 Å². The van der Waals surface area contributed by atoms with Crippen LogP contribution in [-0.4, -0.2) is 53.3 Å². The molecule has 0 radical (unpaired) electrons.